The quantitative estimate of drug-likeness (QED) is 0.838. The van der Waals surface area contributed by atoms with Crippen molar-refractivity contribution in [3.63, 3.8) is 0 Å². The first kappa shape index (κ1) is 12.7. The van der Waals surface area contributed by atoms with Crippen LogP contribution in [0.4, 0.5) is 0 Å². The van der Waals surface area contributed by atoms with Gasteiger partial charge in [0.15, 0.2) is 0 Å². The van der Waals surface area contributed by atoms with Crippen molar-refractivity contribution in [2.24, 2.45) is 0 Å². The summed E-state index contributed by atoms with van der Waals surface area (Å²) >= 11 is 0. The van der Waals surface area contributed by atoms with Gasteiger partial charge in [-0.15, -0.1) is 0 Å². The molecule has 0 spiro atoms. The Morgan fingerprint density at radius 1 is 1.40 bits per heavy atom. The molecule has 0 radical (unpaired) electrons. The number of hydrogen-bond acceptors (Lipinski definition) is 4. The average Bonchev–Trinajstić information content (AvgIpc) is 2.43. The summed E-state index contributed by atoms with van der Waals surface area (Å²) in [6, 6.07) is 1.57. The summed E-state index contributed by atoms with van der Waals surface area (Å²) < 4.78 is 10.9. The number of carboxylic acids is 1. The van der Waals surface area contributed by atoms with Gasteiger partial charge in [-0.25, -0.2) is 9.59 Å². The van der Waals surface area contributed by atoms with Crippen LogP contribution in [-0.4, -0.2) is 17.2 Å². The van der Waals surface area contributed by atoms with Crippen LogP contribution in [0, 0.1) is 0 Å². The highest BCUT2D eigenvalue weighted by Gasteiger charge is 2.27. The van der Waals surface area contributed by atoms with Crippen LogP contribution in [0.25, 0.3) is 12.2 Å². The highest BCUT2D eigenvalue weighted by molar-refractivity contribution is 5.84. The number of hydrogen-bond donors (Lipinski definition) is 1. The zero-order chi connectivity index (χ0) is 14.1. The van der Waals surface area contributed by atoms with Crippen molar-refractivity contribution >= 4 is 18.1 Å². The first-order valence-corrected chi connectivity index (χ1v) is 6.60. The highest BCUT2D eigenvalue weighted by atomic mass is 16.5. The molecule has 1 aromatic rings. The van der Waals surface area contributed by atoms with Crippen LogP contribution in [0.2, 0.25) is 0 Å². The lowest BCUT2D eigenvalue weighted by atomic mass is 9.89. The lowest BCUT2D eigenvalue weighted by Gasteiger charge is -2.30. The fourth-order valence-electron chi connectivity index (χ4n) is 2.61. The molecule has 1 aromatic heterocycles. The lowest BCUT2D eigenvalue weighted by Crippen LogP contribution is -2.27. The molecule has 5 nitrogen and oxygen atoms in total. The molecule has 1 saturated carbocycles. The van der Waals surface area contributed by atoms with Gasteiger partial charge in [0.2, 0.25) is 0 Å². The third-order valence-corrected chi connectivity index (χ3v) is 3.55. The fourth-order valence-corrected chi connectivity index (χ4v) is 2.61. The molecule has 1 aliphatic carbocycles. The van der Waals surface area contributed by atoms with Gasteiger partial charge >= 0.3 is 11.6 Å². The van der Waals surface area contributed by atoms with Crippen LogP contribution in [-0.2, 0) is 4.79 Å². The molecule has 1 atom stereocenters. The Labute approximate surface area is 115 Å². The van der Waals surface area contributed by atoms with Crippen molar-refractivity contribution in [2.75, 3.05) is 0 Å². The third-order valence-electron chi connectivity index (χ3n) is 3.55. The summed E-state index contributed by atoms with van der Waals surface area (Å²) in [5.74, 6) is -0.438. The van der Waals surface area contributed by atoms with Crippen LogP contribution >= 0.6 is 0 Å². The smallest absolute Gasteiger partial charge is 0.347 e. The molecule has 1 unspecified atom stereocenters. The van der Waals surface area contributed by atoms with Gasteiger partial charge in [0.25, 0.3) is 0 Å². The largest absolute Gasteiger partial charge is 0.485 e. The Hall–Kier alpha value is -2.30. The minimum atomic E-state index is -1.10. The molecular weight excluding hydrogens is 260 g/mol. The number of carboxylic acid groups (broad SMARTS) is 1. The van der Waals surface area contributed by atoms with Crippen LogP contribution in [0.15, 0.2) is 26.9 Å². The maximum Gasteiger partial charge on any atom is 0.347 e. The number of carbonyl (C=O) groups is 1. The van der Waals surface area contributed by atoms with Crippen LogP contribution in [0.3, 0.4) is 0 Å². The lowest BCUT2D eigenvalue weighted by molar-refractivity contribution is -0.131. The van der Waals surface area contributed by atoms with Gasteiger partial charge in [0, 0.05) is 12.1 Å². The molecule has 1 aliphatic heterocycles. The average molecular weight is 274 g/mol. The van der Waals surface area contributed by atoms with Crippen molar-refractivity contribution in [3.05, 3.63) is 39.5 Å². The number of aliphatic carboxylic acids is 1. The standard InChI is InChI=1S/C15H14O5/c16-14(17)6-5-10-8-13-11(15(18)19-10)7-9-3-1-2-4-12(9)20-13/h5-8,12H,1-4H2,(H,16,17). The second kappa shape index (κ2) is 5.00. The molecule has 1 N–H and O–H groups in total. The van der Waals surface area contributed by atoms with Gasteiger partial charge in [-0.1, -0.05) is 0 Å². The van der Waals surface area contributed by atoms with Gasteiger partial charge < -0.3 is 14.3 Å². The second-order valence-electron chi connectivity index (χ2n) is 4.96. The van der Waals surface area contributed by atoms with Gasteiger partial charge in [0.1, 0.15) is 23.2 Å². The van der Waals surface area contributed by atoms with E-state index >= 15 is 0 Å². The molecular formula is C15H14O5. The van der Waals surface area contributed by atoms with E-state index in [1.165, 1.54) is 6.08 Å². The van der Waals surface area contributed by atoms with E-state index < -0.39 is 11.6 Å². The summed E-state index contributed by atoms with van der Waals surface area (Å²) in [5, 5.41) is 8.59. The van der Waals surface area contributed by atoms with Crippen LogP contribution < -0.4 is 10.4 Å². The summed E-state index contributed by atoms with van der Waals surface area (Å²) in [4.78, 5) is 22.4. The minimum Gasteiger partial charge on any atom is -0.485 e. The molecule has 0 saturated heterocycles. The van der Waals surface area contributed by atoms with Crippen molar-refractivity contribution in [1.82, 2.24) is 0 Å². The first-order valence-electron chi connectivity index (χ1n) is 6.60. The first-order chi connectivity index (χ1) is 9.63. The van der Waals surface area contributed by atoms with Crippen molar-refractivity contribution < 1.29 is 19.1 Å². The van der Waals surface area contributed by atoms with E-state index in [0.717, 1.165) is 37.3 Å². The van der Waals surface area contributed by atoms with Crippen molar-refractivity contribution in [2.45, 2.75) is 31.8 Å². The SMILES string of the molecule is O=C(O)C=Cc1cc2c(c(=O)o1)C=C1CCCCC1O2. The van der Waals surface area contributed by atoms with Crippen molar-refractivity contribution in [3.8, 4) is 5.75 Å². The van der Waals surface area contributed by atoms with Crippen LogP contribution in [0.5, 0.6) is 5.75 Å². The second-order valence-corrected chi connectivity index (χ2v) is 4.96. The zero-order valence-corrected chi connectivity index (χ0v) is 10.8. The molecule has 0 aromatic carbocycles. The molecule has 2 aliphatic rings. The van der Waals surface area contributed by atoms with E-state index in [9.17, 15) is 9.59 Å². The van der Waals surface area contributed by atoms with E-state index in [1.807, 2.05) is 6.08 Å². The molecule has 1 fully saturated rings. The Morgan fingerprint density at radius 2 is 2.25 bits per heavy atom. The predicted octanol–water partition coefficient (Wildman–Crippen LogP) is 2.46. The normalized spacial score (nSPS) is 20.8. The fraction of sp³-hybridized carbons (Fsp3) is 0.333. The van der Waals surface area contributed by atoms with E-state index in [0.29, 0.717) is 11.3 Å². The Balaban J connectivity index is 2.01. The maximum atomic E-state index is 11.9. The van der Waals surface area contributed by atoms with Crippen LogP contribution in [0.1, 0.15) is 37.0 Å². The maximum absolute atomic E-state index is 11.9. The zero-order valence-electron chi connectivity index (χ0n) is 10.8. The summed E-state index contributed by atoms with van der Waals surface area (Å²) in [6.45, 7) is 0. The molecule has 5 heteroatoms. The Morgan fingerprint density at radius 3 is 3.05 bits per heavy atom. The molecule has 3 rings (SSSR count). The molecule has 20 heavy (non-hydrogen) atoms. The van der Waals surface area contributed by atoms with Gasteiger partial charge in [-0.3, -0.25) is 0 Å². The van der Waals surface area contributed by atoms with E-state index in [-0.39, 0.29) is 11.9 Å². The topological polar surface area (TPSA) is 76.7 Å². The predicted molar refractivity (Wildman–Crippen MR) is 72.5 cm³/mol. The number of fused-ring (bicyclic) bond motifs is 2. The van der Waals surface area contributed by atoms with Crippen molar-refractivity contribution in [1.29, 1.82) is 0 Å². The Kier molecular flexibility index (Phi) is 3.18. The van der Waals surface area contributed by atoms with Gasteiger partial charge in [-0.2, -0.15) is 0 Å². The van der Waals surface area contributed by atoms with Gasteiger partial charge in [0.05, 0.1) is 0 Å². The number of ether oxygens (including phenoxy) is 1. The molecule has 0 bridgehead atoms. The number of rotatable bonds is 2. The minimum absolute atomic E-state index is 0.0364. The third kappa shape index (κ3) is 2.39. The molecule has 104 valence electrons. The van der Waals surface area contributed by atoms with E-state index in [1.54, 1.807) is 6.07 Å². The summed E-state index contributed by atoms with van der Waals surface area (Å²) in [7, 11) is 0. The summed E-state index contributed by atoms with van der Waals surface area (Å²) in [5.41, 5.74) is 1.07. The van der Waals surface area contributed by atoms with Gasteiger partial charge in [-0.05, 0) is 43.4 Å². The van der Waals surface area contributed by atoms with E-state index in [2.05, 4.69) is 0 Å². The Bertz CT molecular complexity index is 665. The van der Waals surface area contributed by atoms with E-state index in [4.69, 9.17) is 14.3 Å². The summed E-state index contributed by atoms with van der Waals surface area (Å²) in [6.07, 6.45) is 8.20. The highest BCUT2D eigenvalue weighted by Crippen LogP contribution is 2.35. The molecule has 0 amide bonds. The molecule has 2 heterocycles. The monoisotopic (exact) mass is 274 g/mol.